The Kier molecular flexibility index (Phi) is 4.00. The van der Waals surface area contributed by atoms with Crippen molar-refractivity contribution in [1.29, 1.82) is 0 Å². The number of nitrogens with two attached hydrogens (primary N) is 2. The van der Waals surface area contributed by atoms with E-state index in [9.17, 15) is 14.7 Å². The number of nitrogens with zero attached hydrogens (tertiary/aromatic N) is 1. The molecule has 6 heteroatoms. The number of carbonyl (C=O) groups is 2. The van der Waals surface area contributed by atoms with Gasteiger partial charge >= 0.3 is 5.97 Å². The molecule has 1 unspecified atom stereocenters. The predicted octanol–water partition coefficient (Wildman–Crippen LogP) is 0.960. The number of hydrazone groups is 1. The normalized spacial score (nSPS) is 14.1. The number of aldehydes is 1. The zero-order valence-electron chi connectivity index (χ0n) is 11.2. The fraction of sp³-hybridized carbons (Fsp3) is 0.133. The van der Waals surface area contributed by atoms with Crippen LogP contribution in [0.3, 0.4) is 0 Å². The molecule has 108 valence electrons. The Labute approximate surface area is 121 Å². The van der Waals surface area contributed by atoms with Gasteiger partial charge in [-0.15, -0.1) is 0 Å². The van der Waals surface area contributed by atoms with Crippen LogP contribution in [0.5, 0.6) is 0 Å². The molecule has 0 aliphatic rings. The van der Waals surface area contributed by atoms with Crippen LogP contribution < -0.4 is 11.6 Å². The third-order valence-electron chi connectivity index (χ3n) is 3.44. The number of fused-ring (bicyclic) bond motifs is 1. The lowest BCUT2D eigenvalue weighted by Gasteiger charge is -2.25. The van der Waals surface area contributed by atoms with Gasteiger partial charge < -0.3 is 21.5 Å². The van der Waals surface area contributed by atoms with Gasteiger partial charge in [0, 0.05) is 12.0 Å². The summed E-state index contributed by atoms with van der Waals surface area (Å²) in [5.74, 6) is 3.93. The molecule has 6 nitrogen and oxygen atoms in total. The third-order valence-corrected chi connectivity index (χ3v) is 3.44. The molecular formula is C15H15N3O3. The first-order chi connectivity index (χ1) is 10.0. The van der Waals surface area contributed by atoms with E-state index in [4.69, 9.17) is 11.6 Å². The Morgan fingerprint density at radius 2 is 1.90 bits per heavy atom. The van der Waals surface area contributed by atoms with E-state index in [0.717, 1.165) is 10.9 Å². The van der Waals surface area contributed by atoms with Gasteiger partial charge in [0.1, 0.15) is 11.8 Å². The molecule has 0 heterocycles. The van der Waals surface area contributed by atoms with Gasteiger partial charge in [0.25, 0.3) is 0 Å². The Bertz CT molecular complexity index is 727. The number of carboxylic acids is 1. The van der Waals surface area contributed by atoms with Crippen LogP contribution in [-0.4, -0.2) is 23.6 Å². The molecular weight excluding hydrogens is 270 g/mol. The highest BCUT2D eigenvalue weighted by molar-refractivity contribution is 6.03. The standard InChI is InChI=1S/C15H15N3O3/c16-15(7-8-19,14(20)21)13-6-5-10(9-18-17)11-3-1-2-4-12(11)13/h1-6,8-9H,7,16-17H2,(H,20,21). The minimum atomic E-state index is -1.76. The molecule has 0 radical (unpaired) electrons. The number of aliphatic carboxylic acids is 1. The summed E-state index contributed by atoms with van der Waals surface area (Å²) in [7, 11) is 0. The smallest absolute Gasteiger partial charge is 0.328 e. The number of carbonyl (C=O) groups excluding carboxylic acids is 1. The largest absolute Gasteiger partial charge is 0.480 e. The van der Waals surface area contributed by atoms with E-state index >= 15 is 0 Å². The highest BCUT2D eigenvalue weighted by Gasteiger charge is 2.37. The number of hydrogen-bond acceptors (Lipinski definition) is 5. The maximum atomic E-state index is 11.5. The number of carboxylic acid groups (broad SMARTS) is 1. The molecule has 0 aliphatic heterocycles. The first kappa shape index (κ1) is 14.7. The predicted molar refractivity (Wildman–Crippen MR) is 79.9 cm³/mol. The maximum absolute atomic E-state index is 11.5. The van der Waals surface area contributed by atoms with Gasteiger partial charge in [0.05, 0.1) is 6.21 Å². The van der Waals surface area contributed by atoms with Crippen molar-refractivity contribution >= 4 is 29.2 Å². The molecule has 2 rings (SSSR count). The van der Waals surface area contributed by atoms with Crippen molar-refractivity contribution in [1.82, 2.24) is 0 Å². The van der Waals surface area contributed by atoms with E-state index < -0.39 is 11.5 Å². The summed E-state index contributed by atoms with van der Waals surface area (Å²) in [5.41, 5.74) is 5.34. The third kappa shape index (κ3) is 2.48. The van der Waals surface area contributed by atoms with Crippen molar-refractivity contribution < 1.29 is 14.7 Å². The topological polar surface area (TPSA) is 119 Å². The first-order valence-electron chi connectivity index (χ1n) is 6.26. The van der Waals surface area contributed by atoms with Gasteiger partial charge in [-0.25, -0.2) is 4.79 Å². The van der Waals surface area contributed by atoms with Crippen LogP contribution in [0, 0.1) is 0 Å². The molecule has 1 atom stereocenters. The van der Waals surface area contributed by atoms with Crippen LogP contribution in [0.2, 0.25) is 0 Å². The van der Waals surface area contributed by atoms with Gasteiger partial charge in [-0.1, -0.05) is 36.4 Å². The molecule has 5 N–H and O–H groups in total. The van der Waals surface area contributed by atoms with Crippen LogP contribution >= 0.6 is 0 Å². The van der Waals surface area contributed by atoms with Crippen molar-refractivity contribution in [3.63, 3.8) is 0 Å². The Hall–Kier alpha value is -2.73. The zero-order chi connectivity index (χ0) is 15.5. The summed E-state index contributed by atoms with van der Waals surface area (Å²) in [6, 6.07) is 10.4. The SMILES string of the molecule is NN=Cc1ccc(C(N)(CC=O)C(=O)O)c2ccccc12. The van der Waals surface area contributed by atoms with Crippen molar-refractivity contribution in [3.05, 3.63) is 47.5 Å². The van der Waals surface area contributed by atoms with Crippen LogP contribution in [0.4, 0.5) is 0 Å². The number of hydrogen-bond donors (Lipinski definition) is 3. The summed E-state index contributed by atoms with van der Waals surface area (Å²) in [6.45, 7) is 0. The second kappa shape index (κ2) is 5.72. The molecule has 2 aromatic carbocycles. The lowest BCUT2D eigenvalue weighted by Crippen LogP contribution is -2.45. The van der Waals surface area contributed by atoms with E-state index in [1.165, 1.54) is 6.21 Å². The van der Waals surface area contributed by atoms with Crippen LogP contribution in [0.15, 0.2) is 41.5 Å². The minimum absolute atomic E-state index is 0.309. The number of benzene rings is 2. The fourth-order valence-corrected chi connectivity index (χ4v) is 2.35. The van der Waals surface area contributed by atoms with Gasteiger partial charge in [-0.3, -0.25) is 0 Å². The maximum Gasteiger partial charge on any atom is 0.328 e. The van der Waals surface area contributed by atoms with Gasteiger partial charge in [-0.05, 0) is 16.3 Å². The van der Waals surface area contributed by atoms with E-state index in [2.05, 4.69) is 5.10 Å². The first-order valence-corrected chi connectivity index (χ1v) is 6.26. The van der Waals surface area contributed by atoms with E-state index in [0.29, 0.717) is 17.2 Å². The van der Waals surface area contributed by atoms with Gasteiger partial charge in [0.2, 0.25) is 0 Å². The van der Waals surface area contributed by atoms with Crippen LogP contribution in [-0.2, 0) is 15.1 Å². The van der Waals surface area contributed by atoms with Gasteiger partial charge in [-0.2, -0.15) is 5.10 Å². The van der Waals surface area contributed by atoms with Crippen molar-refractivity contribution in [2.24, 2.45) is 16.7 Å². The Morgan fingerprint density at radius 1 is 1.24 bits per heavy atom. The molecule has 2 aromatic rings. The molecule has 21 heavy (non-hydrogen) atoms. The highest BCUT2D eigenvalue weighted by atomic mass is 16.4. The molecule has 0 aliphatic carbocycles. The average Bonchev–Trinajstić information content (AvgIpc) is 2.47. The summed E-state index contributed by atoms with van der Waals surface area (Å²) >= 11 is 0. The summed E-state index contributed by atoms with van der Waals surface area (Å²) in [4.78, 5) is 22.4. The average molecular weight is 285 g/mol. The van der Waals surface area contributed by atoms with Crippen LogP contribution in [0.25, 0.3) is 10.8 Å². The van der Waals surface area contributed by atoms with E-state index in [1.807, 2.05) is 12.1 Å². The zero-order valence-corrected chi connectivity index (χ0v) is 11.2. The van der Waals surface area contributed by atoms with Crippen molar-refractivity contribution in [2.75, 3.05) is 0 Å². The lowest BCUT2D eigenvalue weighted by atomic mass is 9.84. The molecule has 0 saturated carbocycles. The quantitative estimate of drug-likeness (QED) is 0.327. The second-order valence-corrected chi connectivity index (χ2v) is 4.67. The second-order valence-electron chi connectivity index (χ2n) is 4.67. The fourth-order valence-electron chi connectivity index (χ4n) is 2.35. The lowest BCUT2D eigenvalue weighted by molar-refractivity contribution is -0.144. The monoisotopic (exact) mass is 285 g/mol. The Balaban J connectivity index is 2.79. The van der Waals surface area contributed by atoms with Gasteiger partial charge in [0.15, 0.2) is 0 Å². The van der Waals surface area contributed by atoms with E-state index in [-0.39, 0.29) is 6.42 Å². The minimum Gasteiger partial charge on any atom is -0.480 e. The molecule has 0 amide bonds. The molecule has 0 bridgehead atoms. The molecule has 0 aromatic heterocycles. The molecule has 0 spiro atoms. The summed E-state index contributed by atoms with van der Waals surface area (Å²) in [5, 5.41) is 14.3. The molecule has 0 saturated heterocycles. The van der Waals surface area contributed by atoms with Crippen molar-refractivity contribution in [3.8, 4) is 0 Å². The van der Waals surface area contributed by atoms with E-state index in [1.54, 1.807) is 24.3 Å². The highest BCUT2D eigenvalue weighted by Crippen LogP contribution is 2.31. The Morgan fingerprint density at radius 3 is 2.48 bits per heavy atom. The summed E-state index contributed by atoms with van der Waals surface area (Å²) in [6.07, 6.45) is 1.68. The van der Waals surface area contributed by atoms with Crippen molar-refractivity contribution in [2.45, 2.75) is 12.0 Å². The molecule has 0 fully saturated rings. The number of rotatable bonds is 5. The van der Waals surface area contributed by atoms with Crippen LogP contribution in [0.1, 0.15) is 17.5 Å². The summed E-state index contributed by atoms with van der Waals surface area (Å²) < 4.78 is 0.